The summed E-state index contributed by atoms with van der Waals surface area (Å²) in [4.78, 5) is 11.3. The van der Waals surface area contributed by atoms with Gasteiger partial charge in [-0.2, -0.15) is 0 Å². The monoisotopic (exact) mass is 297 g/mol. The molecule has 7 heteroatoms. The molecule has 0 atom stereocenters. The highest BCUT2D eigenvalue weighted by Crippen LogP contribution is 2.25. The van der Waals surface area contributed by atoms with Crippen molar-refractivity contribution < 1.29 is 14.3 Å². The van der Waals surface area contributed by atoms with Crippen molar-refractivity contribution in [2.75, 3.05) is 14.1 Å². The van der Waals surface area contributed by atoms with E-state index >= 15 is 0 Å². The minimum atomic E-state index is -1.11. The molecule has 0 aliphatic carbocycles. The van der Waals surface area contributed by atoms with Crippen molar-refractivity contribution >= 4 is 23.3 Å². The molecule has 0 aromatic heterocycles. The van der Waals surface area contributed by atoms with Crippen molar-refractivity contribution in [3.63, 3.8) is 0 Å². The molecule has 0 radical (unpaired) electrons. The van der Waals surface area contributed by atoms with Gasteiger partial charge in [0.05, 0.1) is 5.70 Å². The summed E-state index contributed by atoms with van der Waals surface area (Å²) in [7, 11) is 3.24. The summed E-state index contributed by atoms with van der Waals surface area (Å²) in [5.74, 6) is -1.22. The third-order valence-electron chi connectivity index (χ3n) is 2.85. The van der Waals surface area contributed by atoms with Crippen LogP contribution in [-0.4, -0.2) is 30.2 Å². The van der Waals surface area contributed by atoms with E-state index < -0.39 is 11.8 Å². The van der Waals surface area contributed by atoms with Gasteiger partial charge in [0.2, 0.25) is 0 Å². The molecule has 0 bridgehead atoms. The van der Waals surface area contributed by atoms with E-state index in [-0.39, 0.29) is 11.1 Å². The lowest BCUT2D eigenvalue weighted by Gasteiger charge is -2.30. The summed E-state index contributed by atoms with van der Waals surface area (Å²) in [5.41, 5.74) is 3.46. The van der Waals surface area contributed by atoms with Gasteiger partial charge in [0, 0.05) is 24.7 Å². The van der Waals surface area contributed by atoms with Crippen LogP contribution in [-0.2, 0) is 4.79 Å². The van der Waals surface area contributed by atoms with E-state index in [1.807, 2.05) is 0 Å². The number of carboxylic acids is 1. The fourth-order valence-corrected chi connectivity index (χ4v) is 2.14. The van der Waals surface area contributed by atoms with Crippen molar-refractivity contribution in [2.24, 2.45) is 0 Å². The van der Waals surface area contributed by atoms with Gasteiger partial charge in [-0.25, -0.2) is 9.18 Å². The van der Waals surface area contributed by atoms with Gasteiger partial charge < -0.3 is 10.4 Å². The lowest BCUT2D eigenvalue weighted by Crippen LogP contribution is -2.41. The highest BCUT2D eigenvalue weighted by atomic mass is 35.5. The standard InChI is InChI=1S/C13H13ClFN3O2/c1-16-12-9(13(19)20)6-11(17-18(12)2)8-5-7(14)3-4-10(8)15/h3-6,16-17H,1-2H3,(H,19,20). The van der Waals surface area contributed by atoms with E-state index in [4.69, 9.17) is 11.6 Å². The van der Waals surface area contributed by atoms with Gasteiger partial charge in [0.15, 0.2) is 0 Å². The number of halogens is 2. The Morgan fingerprint density at radius 1 is 1.50 bits per heavy atom. The summed E-state index contributed by atoms with van der Waals surface area (Å²) in [6.45, 7) is 0. The molecule has 0 saturated heterocycles. The number of rotatable bonds is 3. The van der Waals surface area contributed by atoms with Crippen LogP contribution in [0.15, 0.2) is 35.7 Å². The lowest BCUT2D eigenvalue weighted by molar-refractivity contribution is -0.132. The molecular weight excluding hydrogens is 285 g/mol. The first-order valence-electron chi connectivity index (χ1n) is 5.77. The van der Waals surface area contributed by atoms with E-state index in [9.17, 15) is 14.3 Å². The van der Waals surface area contributed by atoms with Crippen LogP contribution < -0.4 is 10.7 Å². The number of hydrogen-bond donors (Lipinski definition) is 3. The van der Waals surface area contributed by atoms with Crippen LogP contribution in [0.4, 0.5) is 4.39 Å². The number of benzene rings is 1. The summed E-state index contributed by atoms with van der Waals surface area (Å²) in [6.07, 6.45) is 1.36. The number of carbonyl (C=O) groups is 1. The average Bonchev–Trinajstić information content (AvgIpc) is 2.40. The zero-order valence-corrected chi connectivity index (χ0v) is 11.6. The molecule has 106 valence electrons. The minimum Gasteiger partial charge on any atom is -0.478 e. The molecule has 0 unspecified atom stereocenters. The Balaban J connectivity index is 2.56. The van der Waals surface area contributed by atoms with Gasteiger partial charge >= 0.3 is 5.97 Å². The molecule has 2 rings (SSSR count). The summed E-state index contributed by atoms with van der Waals surface area (Å²) in [5, 5.41) is 13.8. The van der Waals surface area contributed by atoms with E-state index in [1.165, 1.54) is 29.3 Å². The van der Waals surface area contributed by atoms with Crippen molar-refractivity contribution in [3.05, 3.63) is 52.1 Å². The zero-order chi connectivity index (χ0) is 14.9. The van der Waals surface area contributed by atoms with Gasteiger partial charge in [0.25, 0.3) is 0 Å². The van der Waals surface area contributed by atoms with E-state index in [2.05, 4.69) is 10.7 Å². The van der Waals surface area contributed by atoms with Crippen molar-refractivity contribution in [1.29, 1.82) is 0 Å². The van der Waals surface area contributed by atoms with E-state index in [0.717, 1.165) is 0 Å². The summed E-state index contributed by atoms with van der Waals surface area (Å²) < 4.78 is 13.9. The van der Waals surface area contributed by atoms with Crippen molar-refractivity contribution in [1.82, 2.24) is 15.8 Å². The second-order valence-electron chi connectivity index (χ2n) is 4.17. The number of nitrogens with zero attached hydrogens (tertiary/aromatic N) is 1. The highest BCUT2D eigenvalue weighted by Gasteiger charge is 2.23. The fraction of sp³-hybridized carbons (Fsp3) is 0.154. The zero-order valence-electron chi connectivity index (χ0n) is 10.9. The minimum absolute atomic E-state index is 0.0307. The van der Waals surface area contributed by atoms with Crippen LogP contribution in [0.1, 0.15) is 5.56 Å². The Kier molecular flexibility index (Phi) is 3.85. The molecule has 1 aromatic rings. The molecule has 1 aromatic carbocycles. The smallest absolute Gasteiger partial charge is 0.339 e. The van der Waals surface area contributed by atoms with Crippen LogP contribution in [0.5, 0.6) is 0 Å². The number of aliphatic carboxylic acids is 1. The molecule has 0 amide bonds. The van der Waals surface area contributed by atoms with Crippen LogP contribution in [0, 0.1) is 5.82 Å². The molecule has 0 spiro atoms. The summed E-state index contributed by atoms with van der Waals surface area (Å²) in [6, 6.07) is 4.10. The third kappa shape index (κ3) is 2.55. The Bertz CT molecular complexity index is 628. The molecular formula is C13H13ClFN3O2. The average molecular weight is 298 g/mol. The summed E-state index contributed by atoms with van der Waals surface area (Å²) >= 11 is 5.85. The molecule has 0 fully saturated rings. The lowest BCUT2D eigenvalue weighted by atomic mass is 10.1. The number of hydrazine groups is 1. The van der Waals surface area contributed by atoms with Gasteiger partial charge in [-0.1, -0.05) is 11.6 Å². The largest absolute Gasteiger partial charge is 0.478 e. The molecule has 3 N–H and O–H groups in total. The van der Waals surface area contributed by atoms with Crippen LogP contribution in [0.25, 0.3) is 5.70 Å². The molecule has 0 saturated carbocycles. The molecule has 20 heavy (non-hydrogen) atoms. The Labute approximate surface area is 120 Å². The van der Waals surface area contributed by atoms with Crippen molar-refractivity contribution in [2.45, 2.75) is 0 Å². The fourth-order valence-electron chi connectivity index (χ4n) is 1.97. The number of nitrogens with one attached hydrogen (secondary N) is 2. The first-order chi connectivity index (χ1) is 9.43. The topological polar surface area (TPSA) is 64.6 Å². The van der Waals surface area contributed by atoms with Crippen LogP contribution >= 0.6 is 11.6 Å². The van der Waals surface area contributed by atoms with Crippen LogP contribution in [0.3, 0.4) is 0 Å². The van der Waals surface area contributed by atoms with Crippen LogP contribution in [0.2, 0.25) is 5.02 Å². The maximum atomic E-state index is 13.9. The molecule has 1 aliphatic rings. The van der Waals surface area contributed by atoms with Gasteiger partial charge in [0.1, 0.15) is 17.2 Å². The quantitative estimate of drug-likeness (QED) is 0.794. The van der Waals surface area contributed by atoms with E-state index in [0.29, 0.717) is 16.5 Å². The Morgan fingerprint density at radius 2 is 2.20 bits per heavy atom. The predicted molar refractivity (Wildman–Crippen MR) is 74.0 cm³/mol. The van der Waals surface area contributed by atoms with Gasteiger partial charge in [-0.15, -0.1) is 0 Å². The Hall–Kier alpha value is -2.21. The normalized spacial score (nSPS) is 14.8. The number of hydrogen-bond acceptors (Lipinski definition) is 4. The first-order valence-corrected chi connectivity index (χ1v) is 6.14. The molecule has 5 nitrogen and oxygen atoms in total. The predicted octanol–water partition coefficient (Wildman–Crippen LogP) is 1.79. The number of carboxylic acid groups (broad SMARTS) is 1. The SMILES string of the molecule is CNC1=C(C(=O)O)C=C(c2cc(Cl)ccc2F)NN1C. The molecule has 1 aliphatic heterocycles. The van der Waals surface area contributed by atoms with Gasteiger partial charge in [-0.3, -0.25) is 10.4 Å². The second-order valence-corrected chi connectivity index (χ2v) is 4.61. The maximum Gasteiger partial charge on any atom is 0.339 e. The molecule has 1 heterocycles. The first kappa shape index (κ1) is 14.2. The maximum absolute atomic E-state index is 13.9. The van der Waals surface area contributed by atoms with Crippen molar-refractivity contribution in [3.8, 4) is 0 Å². The van der Waals surface area contributed by atoms with E-state index in [1.54, 1.807) is 14.1 Å². The highest BCUT2D eigenvalue weighted by molar-refractivity contribution is 6.30. The van der Waals surface area contributed by atoms with Gasteiger partial charge in [-0.05, 0) is 24.3 Å². The third-order valence-corrected chi connectivity index (χ3v) is 3.09. The Morgan fingerprint density at radius 3 is 2.80 bits per heavy atom. The second kappa shape index (κ2) is 5.42.